The predicted octanol–water partition coefficient (Wildman–Crippen LogP) is 1.31. The average molecular weight is 186 g/mol. The third-order valence-electron chi connectivity index (χ3n) is 1.21. The first kappa shape index (κ1) is 9.25. The Labute approximate surface area is 74.7 Å². The van der Waals surface area contributed by atoms with Gasteiger partial charge in [0.15, 0.2) is 0 Å². The molecule has 0 N–H and O–H groups in total. The Morgan fingerprint density at radius 1 is 1.58 bits per heavy atom. The first-order valence-electron chi connectivity index (χ1n) is 3.75. The van der Waals surface area contributed by atoms with E-state index in [0.717, 1.165) is 12.7 Å². The molecule has 66 valence electrons. The Morgan fingerprint density at radius 3 is 3.00 bits per heavy atom. The van der Waals surface area contributed by atoms with Gasteiger partial charge in [0.1, 0.15) is 6.29 Å². The lowest BCUT2D eigenvalue weighted by atomic mass is 10.5. The van der Waals surface area contributed by atoms with Crippen molar-refractivity contribution < 1.29 is 9.21 Å². The molecule has 0 amide bonds. The summed E-state index contributed by atoms with van der Waals surface area (Å²) in [5.74, 6) is 1.35. The quantitative estimate of drug-likeness (QED) is 0.394. The van der Waals surface area contributed by atoms with Gasteiger partial charge in [0.05, 0.1) is 0 Å². The van der Waals surface area contributed by atoms with E-state index in [1.54, 1.807) is 0 Å². The van der Waals surface area contributed by atoms with E-state index in [1.807, 2.05) is 6.92 Å². The van der Waals surface area contributed by atoms with Crippen LogP contribution in [0.25, 0.3) is 0 Å². The molecule has 1 rings (SSSR count). The van der Waals surface area contributed by atoms with Crippen molar-refractivity contribution in [3.05, 3.63) is 5.89 Å². The highest BCUT2D eigenvalue weighted by Gasteiger charge is 2.03. The number of aryl methyl sites for hydroxylation is 1. The number of carbonyl (C=O) groups is 1. The first-order chi connectivity index (χ1) is 5.86. The van der Waals surface area contributed by atoms with E-state index in [-0.39, 0.29) is 0 Å². The number of thioether (sulfide) groups is 1. The maximum Gasteiger partial charge on any atom is 0.276 e. The smallest absolute Gasteiger partial charge is 0.276 e. The van der Waals surface area contributed by atoms with Gasteiger partial charge >= 0.3 is 0 Å². The minimum atomic E-state index is 0.522. The Kier molecular flexibility index (Phi) is 3.79. The largest absolute Gasteiger partial charge is 0.416 e. The topological polar surface area (TPSA) is 56.0 Å². The van der Waals surface area contributed by atoms with E-state index in [4.69, 9.17) is 4.42 Å². The van der Waals surface area contributed by atoms with E-state index in [1.165, 1.54) is 11.8 Å². The summed E-state index contributed by atoms with van der Waals surface area (Å²) in [6.07, 6.45) is 2.15. The van der Waals surface area contributed by atoms with Gasteiger partial charge in [0.25, 0.3) is 5.22 Å². The third-order valence-corrected chi connectivity index (χ3v) is 2.06. The molecule has 0 saturated carbocycles. The number of aromatic nitrogens is 2. The molecular weight excluding hydrogens is 176 g/mol. The van der Waals surface area contributed by atoms with Gasteiger partial charge in [-0.05, 0) is 0 Å². The highest BCUT2D eigenvalue weighted by Crippen LogP contribution is 2.16. The van der Waals surface area contributed by atoms with Crippen molar-refractivity contribution in [1.82, 2.24) is 10.2 Å². The molecule has 1 aromatic heterocycles. The second-order valence-corrected chi connectivity index (χ2v) is 3.17. The number of nitrogens with zero attached hydrogens (tertiary/aromatic N) is 2. The summed E-state index contributed by atoms with van der Waals surface area (Å²) >= 11 is 1.41. The number of hydrogen-bond donors (Lipinski definition) is 0. The fraction of sp³-hybridized carbons (Fsp3) is 0.571. The fourth-order valence-corrected chi connectivity index (χ4v) is 1.28. The molecule has 0 unspecified atom stereocenters. The standard InChI is InChI=1S/C7H10N2O2S/c1-2-6-8-9-7(11-6)12-5-3-4-10/h4H,2-3,5H2,1H3. The molecule has 1 heterocycles. The van der Waals surface area contributed by atoms with Crippen LogP contribution in [-0.4, -0.2) is 22.2 Å². The van der Waals surface area contributed by atoms with Crippen LogP contribution in [0, 0.1) is 0 Å². The summed E-state index contributed by atoms with van der Waals surface area (Å²) in [7, 11) is 0. The molecule has 1 aromatic rings. The monoisotopic (exact) mass is 186 g/mol. The van der Waals surface area contributed by atoms with Gasteiger partial charge in [-0.3, -0.25) is 0 Å². The second-order valence-electron chi connectivity index (χ2n) is 2.12. The molecule has 0 atom stereocenters. The van der Waals surface area contributed by atoms with Crippen molar-refractivity contribution in [3.63, 3.8) is 0 Å². The van der Waals surface area contributed by atoms with Crippen molar-refractivity contribution in [2.24, 2.45) is 0 Å². The van der Waals surface area contributed by atoms with Gasteiger partial charge in [-0.25, -0.2) is 0 Å². The minimum absolute atomic E-state index is 0.522. The van der Waals surface area contributed by atoms with E-state index in [9.17, 15) is 4.79 Å². The fourth-order valence-electron chi connectivity index (χ4n) is 0.634. The highest BCUT2D eigenvalue weighted by molar-refractivity contribution is 7.99. The average Bonchev–Trinajstić information content (AvgIpc) is 2.53. The van der Waals surface area contributed by atoms with Crippen LogP contribution in [0.3, 0.4) is 0 Å². The number of aldehydes is 1. The summed E-state index contributed by atoms with van der Waals surface area (Å²) in [6, 6.07) is 0. The lowest BCUT2D eigenvalue weighted by molar-refractivity contribution is -0.107. The number of rotatable bonds is 5. The SMILES string of the molecule is CCc1nnc(SCCC=O)o1. The molecule has 0 saturated heterocycles. The van der Waals surface area contributed by atoms with Gasteiger partial charge in [-0.1, -0.05) is 18.7 Å². The Morgan fingerprint density at radius 2 is 2.42 bits per heavy atom. The van der Waals surface area contributed by atoms with Crippen LogP contribution in [0.5, 0.6) is 0 Å². The van der Waals surface area contributed by atoms with Gasteiger partial charge in [-0.15, -0.1) is 10.2 Å². The number of carbonyl (C=O) groups excluding carboxylic acids is 1. The van der Waals surface area contributed by atoms with E-state index < -0.39 is 0 Å². The third kappa shape index (κ3) is 2.65. The molecule has 5 heteroatoms. The summed E-state index contributed by atoms with van der Waals surface area (Å²) in [6.45, 7) is 1.95. The van der Waals surface area contributed by atoms with Crippen molar-refractivity contribution in [2.45, 2.75) is 25.0 Å². The van der Waals surface area contributed by atoms with Crippen LogP contribution < -0.4 is 0 Å². The van der Waals surface area contributed by atoms with Crippen LogP contribution in [0.2, 0.25) is 0 Å². The molecule has 0 fully saturated rings. The van der Waals surface area contributed by atoms with Gasteiger partial charge < -0.3 is 9.21 Å². The van der Waals surface area contributed by atoms with E-state index in [2.05, 4.69) is 10.2 Å². The minimum Gasteiger partial charge on any atom is -0.416 e. The molecule has 0 aromatic carbocycles. The van der Waals surface area contributed by atoms with Crippen molar-refractivity contribution >= 4 is 18.0 Å². The molecule has 4 nitrogen and oxygen atoms in total. The van der Waals surface area contributed by atoms with E-state index >= 15 is 0 Å². The van der Waals surface area contributed by atoms with Crippen molar-refractivity contribution in [2.75, 3.05) is 5.75 Å². The highest BCUT2D eigenvalue weighted by atomic mass is 32.2. The van der Waals surface area contributed by atoms with Crippen molar-refractivity contribution in [3.8, 4) is 0 Å². The zero-order valence-electron chi connectivity index (χ0n) is 6.82. The Balaban J connectivity index is 2.36. The van der Waals surface area contributed by atoms with Crippen LogP contribution in [0.15, 0.2) is 9.64 Å². The zero-order chi connectivity index (χ0) is 8.81. The molecular formula is C7H10N2O2S. The van der Waals surface area contributed by atoms with E-state index in [0.29, 0.717) is 23.3 Å². The summed E-state index contributed by atoms with van der Waals surface area (Å²) in [5.41, 5.74) is 0. The van der Waals surface area contributed by atoms with Crippen LogP contribution in [0.4, 0.5) is 0 Å². The number of hydrogen-bond acceptors (Lipinski definition) is 5. The Hall–Kier alpha value is -0.840. The zero-order valence-corrected chi connectivity index (χ0v) is 7.63. The second kappa shape index (κ2) is 4.92. The van der Waals surface area contributed by atoms with Crippen LogP contribution in [0.1, 0.15) is 19.2 Å². The van der Waals surface area contributed by atoms with Gasteiger partial charge in [-0.2, -0.15) is 0 Å². The Bertz CT molecular complexity index is 249. The lowest BCUT2D eigenvalue weighted by Gasteiger charge is -1.88. The van der Waals surface area contributed by atoms with Crippen LogP contribution in [-0.2, 0) is 11.2 Å². The lowest BCUT2D eigenvalue weighted by Crippen LogP contribution is -1.80. The molecule has 12 heavy (non-hydrogen) atoms. The molecule has 0 aliphatic carbocycles. The first-order valence-corrected chi connectivity index (χ1v) is 4.74. The predicted molar refractivity (Wildman–Crippen MR) is 45.1 cm³/mol. The maximum absolute atomic E-state index is 9.98. The molecule has 0 aliphatic heterocycles. The van der Waals surface area contributed by atoms with Crippen LogP contribution >= 0.6 is 11.8 Å². The summed E-state index contributed by atoms with van der Waals surface area (Å²) in [4.78, 5) is 9.98. The molecule has 0 spiro atoms. The summed E-state index contributed by atoms with van der Waals surface area (Å²) < 4.78 is 5.20. The van der Waals surface area contributed by atoms with Gasteiger partial charge in [0, 0.05) is 18.6 Å². The van der Waals surface area contributed by atoms with Gasteiger partial charge in [0.2, 0.25) is 5.89 Å². The molecule has 0 bridgehead atoms. The van der Waals surface area contributed by atoms with Crippen molar-refractivity contribution in [1.29, 1.82) is 0 Å². The summed E-state index contributed by atoms with van der Waals surface area (Å²) in [5, 5.41) is 8.13. The normalized spacial score (nSPS) is 10.1. The molecule has 0 radical (unpaired) electrons. The maximum atomic E-state index is 9.98. The molecule has 0 aliphatic rings.